The molecule has 2 aromatic carbocycles. The van der Waals surface area contributed by atoms with E-state index in [-0.39, 0.29) is 25.5 Å². The number of alkyl carbamates (subject to hydrolysis) is 1. The second-order valence-electron chi connectivity index (χ2n) is 5.99. The summed E-state index contributed by atoms with van der Waals surface area (Å²) in [6, 6.07) is 15.0. The first-order valence-corrected chi connectivity index (χ1v) is 8.80. The fraction of sp³-hybridized carbons (Fsp3) is 0.286. The van der Waals surface area contributed by atoms with Crippen LogP contribution in [-0.2, 0) is 16.0 Å². The Morgan fingerprint density at radius 3 is 2.74 bits per heavy atom. The molecule has 0 fully saturated rings. The van der Waals surface area contributed by atoms with Crippen LogP contribution in [0.25, 0.3) is 10.8 Å². The van der Waals surface area contributed by atoms with Gasteiger partial charge in [-0.2, -0.15) is 5.26 Å². The Kier molecular flexibility index (Phi) is 7.86. The number of nitriles is 1. The van der Waals surface area contributed by atoms with Gasteiger partial charge in [-0.05, 0) is 22.8 Å². The summed E-state index contributed by atoms with van der Waals surface area (Å²) in [6.45, 7) is 4.00. The first-order valence-electron chi connectivity index (χ1n) is 8.80. The summed E-state index contributed by atoms with van der Waals surface area (Å²) in [7, 11) is 0. The summed E-state index contributed by atoms with van der Waals surface area (Å²) < 4.78 is 5.04. The van der Waals surface area contributed by atoms with E-state index in [9.17, 15) is 9.59 Å². The highest BCUT2D eigenvalue weighted by Gasteiger charge is 2.21. The molecule has 0 saturated carbocycles. The Bertz CT molecular complexity index is 842. The molecule has 27 heavy (non-hydrogen) atoms. The average Bonchev–Trinajstić information content (AvgIpc) is 2.67. The summed E-state index contributed by atoms with van der Waals surface area (Å²) in [5.41, 5.74) is 0.917. The molecule has 0 heterocycles. The van der Waals surface area contributed by atoms with E-state index in [4.69, 9.17) is 10.00 Å². The number of hydrogen-bond donors (Lipinski definition) is 2. The highest BCUT2D eigenvalue weighted by Crippen LogP contribution is 2.16. The maximum atomic E-state index is 12.4. The second kappa shape index (κ2) is 10.6. The molecule has 0 saturated heterocycles. The summed E-state index contributed by atoms with van der Waals surface area (Å²) >= 11 is 0. The van der Waals surface area contributed by atoms with Crippen molar-refractivity contribution in [3.63, 3.8) is 0 Å². The van der Waals surface area contributed by atoms with Gasteiger partial charge in [0.2, 0.25) is 5.91 Å². The van der Waals surface area contributed by atoms with Gasteiger partial charge < -0.3 is 15.4 Å². The molecule has 0 aliphatic rings. The van der Waals surface area contributed by atoms with Gasteiger partial charge >= 0.3 is 6.09 Å². The predicted molar refractivity (Wildman–Crippen MR) is 104 cm³/mol. The molecule has 140 valence electrons. The monoisotopic (exact) mass is 365 g/mol. The van der Waals surface area contributed by atoms with E-state index in [1.165, 1.54) is 0 Å². The Balaban J connectivity index is 2.09. The third-order valence-electron chi connectivity index (χ3n) is 3.95. The van der Waals surface area contributed by atoms with E-state index in [1.54, 1.807) is 6.08 Å². The van der Waals surface area contributed by atoms with Crippen LogP contribution in [0.15, 0.2) is 55.1 Å². The van der Waals surface area contributed by atoms with Crippen LogP contribution in [-0.4, -0.2) is 31.2 Å². The van der Waals surface area contributed by atoms with Crippen LogP contribution in [0.1, 0.15) is 18.4 Å². The standard InChI is InChI=1S/C21H23N3O3/c1-2-3-13-27-21(26)24-19(20(25)23-12-6-11-22)15-16-9-10-17-7-4-5-8-18(17)14-16/h2,4-5,7-10,14,19H,1,3,6,12-13,15H2,(H,23,25)(H,24,26). The van der Waals surface area contributed by atoms with E-state index >= 15 is 0 Å². The van der Waals surface area contributed by atoms with Crippen LogP contribution in [0.4, 0.5) is 4.79 Å². The average molecular weight is 365 g/mol. The summed E-state index contributed by atoms with van der Waals surface area (Å²) in [4.78, 5) is 24.4. The molecule has 1 atom stereocenters. The molecule has 0 spiro atoms. The molecule has 2 amide bonds. The molecule has 2 N–H and O–H groups in total. The number of benzene rings is 2. The van der Waals surface area contributed by atoms with Gasteiger partial charge in [0.1, 0.15) is 6.04 Å². The molecule has 6 heteroatoms. The third-order valence-corrected chi connectivity index (χ3v) is 3.95. The Hall–Kier alpha value is -3.33. The van der Waals surface area contributed by atoms with Gasteiger partial charge in [0, 0.05) is 13.0 Å². The van der Waals surface area contributed by atoms with Crippen LogP contribution >= 0.6 is 0 Å². The molecule has 6 nitrogen and oxygen atoms in total. The van der Waals surface area contributed by atoms with Gasteiger partial charge in [0.15, 0.2) is 0 Å². The first-order chi connectivity index (χ1) is 13.1. The number of nitrogens with one attached hydrogen (secondary N) is 2. The van der Waals surface area contributed by atoms with E-state index in [0.29, 0.717) is 12.8 Å². The van der Waals surface area contributed by atoms with Gasteiger partial charge in [-0.3, -0.25) is 4.79 Å². The van der Waals surface area contributed by atoms with Crippen LogP contribution in [0.5, 0.6) is 0 Å². The minimum atomic E-state index is -0.791. The minimum absolute atomic E-state index is 0.202. The minimum Gasteiger partial charge on any atom is -0.449 e. The van der Waals surface area contributed by atoms with E-state index in [1.807, 2.05) is 48.5 Å². The molecule has 2 rings (SSSR count). The predicted octanol–water partition coefficient (Wildman–Crippen LogP) is 3.08. The maximum Gasteiger partial charge on any atom is 0.407 e. The van der Waals surface area contributed by atoms with Crippen LogP contribution in [0, 0.1) is 11.3 Å². The highest BCUT2D eigenvalue weighted by molar-refractivity contribution is 5.87. The van der Waals surface area contributed by atoms with Crippen molar-refractivity contribution >= 4 is 22.8 Å². The summed E-state index contributed by atoms with van der Waals surface area (Å²) in [5.74, 6) is -0.348. The van der Waals surface area contributed by atoms with Crippen molar-refractivity contribution in [1.29, 1.82) is 5.26 Å². The van der Waals surface area contributed by atoms with Crippen molar-refractivity contribution in [2.24, 2.45) is 0 Å². The van der Waals surface area contributed by atoms with Crippen LogP contribution in [0.2, 0.25) is 0 Å². The fourth-order valence-electron chi connectivity index (χ4n) is 2.59. The number of hydrogen-bond acceptors (Lipinski definition) is 4. The van der Waals surface area contributed by atoms with E-state index < -0.39 is 12.1 Å². The first kappa shape index (κ1) is 20.0. The molecule has 1 unspecified atom stereocenters. The lowest BCUT2D eigenvalue weighted by molar-refractivity contribution is -0.123. The molecule has 0 bridgehead atoms. The lowest BCUT2D eigenvalue weighted by Crippen LogP contribution is -2.48. The molecule has 2 aromatic rings. The van der Waals surface area contributed by atoms with Crippen molar-refractivity contribution in [3.8, 4) is 6.07 Å². The number of rotatable bonds is 9. The van der Waals surface area contributed by atoms with E-state index in [0.717, 1.165) is 16.3 Å². The van der Waals surface area contributed by atoms with Crippen molar-refractivity contribution < 1.29 is 14.3 Å². The Morgan fingerprint density at radius 1 is 1.22 bits per heavy atom. The van der Waals surface area contributed by atoms with Crippen molar-refractivity contribution in [1.82, 2.24) is 10.6 Å². The van der Waals surface area contributed by atoms with Crippen molar-refractivity contribution in [2.75, 3.05) is 13.2 Å². The van der Waals surface area contributed by atoms with Gasteiger partial charge in [0.25, 0.3) is 0 Å². The number of fused-ring (bicyclic) bond motifs is 1. The molecule has 0 aliphatic carbocycles. The summed E-state index contributed by atoms with van der Waals surface area (Å²) in [5, 5.41) is 16.1. The summed E-state index contributed by atoms with van der Waals surface area (Å²) in [6.07, 6.45) is 2.06. The Morgan fingerprint density at radius 2 is 2.00 bits per heavy atom. The van der Waals surface area contributed by atoms with Gasteiger partial charge in [-0.15, -0.1) is 6.58 Å². The van der Waals surface area contributed by atoms with Crippen LogP contribution < -0.4 is 10.6 Å². The third kappa shape index (κ3) is 6.48. The Labute approximate surface area is 158 Å². The van der Waals surface area contributed by atoms with Gasteiger partial charge in [-0.1, -0.05) is 48.5 Å². The van der Waals surface area contributed by atoms with Gasteiger partial charge in [0.05, 0.1) is 19.1 Å². The lowest BCUT2D eigenvalue weighted by Gasteiger charge is -2.18. The number of nitrogens with zero attached hydrogens (tertiary/aromatic N) is 1. The smallest absolute Gasteiger partial charge is 0.407 e. The second-order valence-corrected chi connectivity index (χ2v) is 5.99. The normalized spacial score (nSPS) is 11.2. The topological polar surface area (TPSA) is 91.2 Å². The van der Waals surface area contributed by atoms with Crippen LogP contribution in [0.3, 0.4) is 0 Å². The number of carbonyl (C=O) groups is 2. The zero-order valence-corrected chi connectivity index (χ0v) is 15.1. The van der Waals surface area contributed by atoms with Crippen molar-refractivity contribution in [2.45, 2.75) is 25.3 Å². The SMILES string of the molecule is C=CCCOC(=O)NC(Cc1ccc2ccccc2c1)C(=O)NCCC#N. The largest absolute Gasteiger partial charge is 0.449 e. The lowest BCUT2D eigenvalue weighted by atomic mass is 10.0. The molecule has 0 radical (unpaired) electrons. The highest BCUT2D eigenvalue weighted by atomic mass is 16.5. The zero-order valence-electron chi connectivity index (χ0n) is 15.1. The van der Waals surface area contributed by atoms with Crippen molar-refractivity contribution in [3.05, 3.63) is 60.7 Å². The molecular weight excluding hydrogens is 342 g/mol. The molecule has 0 aromatic heterocycles. The quantitative estimate of drug-likeness (QED) is 0.528. The van der Waals surface area contributed by atoms with E-state index in [2.05, 4.69) is 17.2 Å². The number of carbonyl (C=O) groups excluding carboxylic acids is 2. The number of ether oxygens (including phenoxy) is 1. The molecular formula is C21H23N3O3. The van der Waals surface area contributed by atoms with Gasteiger partial charge in [-0.25, -0.2) is 4.79 Å². The molecule has 0 aliphatic heterocycles. The number of amides is 2. The zero-order chi connectivity index (χ0) is 19.5. The maximum absolute atomic E-state index is 12.4. The fourth-order valence-corrected chi connectivity index (χ4v) is 2.59.